The van der Waals surface area contributed by atoms with Gasteiger partial charge >= 0.3 is 0 Å². The van der Waals surface area contributed by atoms with E-state index >= 15 is 0 Å². The summed E-state index contributed by atoms with van der Waals surface area (Å²) in [6.07, 6.45) is 3.33. The average molecular weight is 372 g/mol. The molecule has 7 nitrogen and oxygen atoms in total. The maximum Gasteiger partial charge on any atom is 0.233 e. The van der Waals surface area contributed by atoms with Gasteiger partial charge in [-0.2, -0.15) is 10.5 Å². The van der Waals surface area contributed by atoms with Crippen molar-refractivity contribution in [3.05, 3.63) is 54.4 Å². The van der Waals surface area contributed by atoms with Crippen molar-refractivity contribution in [2.75, 3.05) is 20.8 Å². The lowest BCUT2D eigenvalue weighted by molar-refractivity contribution is 0.353. The second-order valence-electron chi connectivity index (χ2n) is 5.61. The Morgan fingerprint density at radius 2 is 1.82 bits per heavy atom. The minimum atomic E-state index is -0.219. The highest BCUT2D eigenvalue weighted by Gasteiger charge is 2.18. The van der Waals surface area contributed by atoms with Crippen molar-refractivity contribution in [2.45, 2.75) is 0 Å². The number of nitrogens with zero attached hydrogens (tertiary/aromatic N) is 4. The Bertz CT molecular complexity index is 1070. The van der Waals surface area contributed by atoms with Gasteiger partial charge in [0.2, 0.25) is 5.88 Å². The first-order valence-corrected chi connectivity index (χ1v) is 8.29. The Morgan fingerprint density at radius 3 is 2.46 bits per heavy atom. The quantitative estimate of drug-likeness (QED) is 0.651. The molecule has 0 bridgehead atoms. The molecule has 2 heterocycles. The predicted octanol–water partition coefficient (Wildman–Crippen LogP) is 3.60. The van der Waals surface area contributed by atoms with E-state index in [1.165, 1.54) is 0 Å². The largest absolute Gasteiger partial charge is 0.493 e. The third kappa shape index (κ3) is 3.69. The van der Waals surface area contributed by atoms with Gasteiger partial charge in [0.15, 0.2) is 18.1 Å². The normalized spacial score (nSPS) is 9.86. The standard InChI is InChI=1S/C21H16N4O3/c1-26-19-6-5-14(10-20(19)27-2)16-11-18(15-4-3-8-24-13-15)25-21(17(16)12-23)28-9-7-22/h3-6,8,10-11,13H,9H2,1-2H3. The number of hydrogen-bond acceptors (Lipinski definition) is 7. The zero-order valence-electron chi connectivity index (χ0n) is 15.3. The van der Waals surface area contributed by atoms with Crippen LogP contribution in [-0.2, 0) is 0 Å². The summed E-state index contributed by atoms with van der Waals surface area (Å²) < 4.78 is 16.1. The van der Waals surface area contributed by atoms with Crippen molar-refractivity contribution >= 4 is 0 Å². The van der Waals surface area contributed by atoms with E-state index < -0.39 is 0 Å². The summed E-state index contributed by atoms with van der Waals surface area (Å²) in [7, 11) is 3.10. The lowest BCUT2D eigenvalue weighted by Crippen LogP contribution is -2.02. The van der Waals surface area contributed by atoms with Gasteiger partial charge in [0.25, 0.3) is 0 Å². The molecule has 0 aliphatic rings. The van der Waals surface area contributed by atoms with Gasteiger partial charge in [-0.1, -0.05) is 6.07 Å². The minimum absolute atomic E-state index is 0.0928. The number of hydrogen-bond donors (Lipinski definition) is 0. The van der Waals surface area contributed by atoms with Gasteiger partial charge in [0, 0.05) is 23.5 Å². The first-order chi connectivity index (χ1) is 13.7. The van der Waals surface area contributed by atoms with Crippen LogP contribution in [0.25, 0.3) is 22.4 Å². The first kappa shape index (κ1) is 18.7. The van der Waals surface area contributed by atoms with E-state index in [-0.39, 0.29) is 18.1 Å². The summed E-state index contributed by atoms with van der Waals surface area (Å²) in [6.45, 7) is -0.219. The van der Waals surface area contributed by atoms with Crippen LogP contribution in [0, 0.1) is 22.7 Å². The van der Waals surface area contributed by atoms with Crippen LogP contribution in [0.5, 0.6) is 17.4 Å². The van der Waals surface area contributed by atoms with E-state index in [2.05, 4.69) is 16.0 Å². The molecule has 0 aliphatic carbocycles. The van der Waals surface area contributed by atoms with Gasteiger partial charge in [0.05, 0.1) is 19.9 Å². The Balaban J connectivity index is 2.24. The molecule has 0 fully saturated rings. The van der Waals surface area contributed by atoms with Crippen LogP contribution in [0.15, 0.2) is 48.8 Å². The van der Waals surface area contributed by atoms with Crippen LogP contribution in [0.2, 0.25) is 0 Å². The second kappa shape index (κ2) is 8.52. The van der Waals surface area contributed by atoms with Crippen molar-refractivity contribution in [3.8, 4) is 51.9 Å². The van der Waals surface area contributed by atoms with Crippen molar-refractivity contribution in [1.82, 2.24) is 9.97 Å². The molecule has 0 aliphatic heterocycles. The Morgan fingerprint density at radius 1 is 1.00 bits per heavy atom. The molecule has 2 aromatic heterocycles. The molecule has 1 aromatic carbocycles. The summed E-state index contributed by atoms with van der Waals surface area (Å²) in [5.41, 5.74) is 2.89. The van der Waals surface area contributed by atoms with Crippen LogP contribution in [0.1, 0.15) is 5.56 Å². The highest BCUT2D eigenvalue weighted by atomic mass is 16.5. The lowest BCUT2D eigenvalue weighted by atomic mass is 9.98. The number of rotatable bonds is 6. The summed E-state index contributed by atoms with van der Waals surface area (Å²) in [4.78, 5) is 8.54. The summed E-state index contributed by atoms with van der Waals surface area (Å²) in [5, 5.41) is 18.6. The SMILES string of the molecule is COc1ccc(-c2cc(-c3cccnc3)nc(OCC#N)c2C#N)cc1OC. The Labute approximate surface area is 162 Å². The van der Waals surface area contributed by atoms with E-state index in [1.807, 2.05) is 18.2 Å². The van der Waals surface area contributed by atoms with Gasteiger partial charge in [-0.3, -0.25) is 4.98 Å². The molecule has 0 amide bonds. The lowest BCUT2D eigenvalue weighted by Gasteiger charge is -2.14. The third-order valence-corrected chi connectivity index (χ3v) is 4.02. The monoisotopic (exact) mass is 372 g/mol. The molecule has 0 spiro atoms. The van der Waals surface area contributed by atoms with Gasteiger partial charge in [-0.15, -0.1) is 0 Å². The Hall–Kier alpha value is -4.10. The molecule has 0 radical (unpaired) electrons. The topological polar surface area (TPSA) is 101 Å². The number of pyridine rings is 2. The van der Waals surface area contributed by atoms with Crippen molar-refractivity contribution in [1.29, 1.82) is 10.5 Å². The van der Waals surface area contributed by atoms with Crippen molar-refractivity contribution in [3.63, 3.8) is 0 Å². The molecular formula is C21H16N4O3. The first-order valence-electron chi connectivity index (χ1n) is 8.29. The Kier molecular flexibility index (Phi) is 5.69. The van der Waals surface area contributed by atoms with Crippen LogP contribution in [-0.4, -0.2) is 30.8 Å². The predicted molar refractivity (Wildman–Crippen MR) is 102 cm³/mol. The van der Waals surface area contributed by atoms with E-state index in [0.29, 0.717) is 22.8 Å². The molecule has 138 valence electrons. The molecule has 3 aromatic rings. The number of nitriles is 2. The minimum Gasteiger partial charge on any atom is -0.493 e. The molecule has 0 saturated carbocycles. The molecule has 0 N–H and O–H groups in total. The van der Waals surface area contributed by atoms with Crippen molar-refractivity contribution in [2.24, 2.45) is 0 Å². The fourth-order valence-electron chi connectivity index (χ4n) is 2.73. The number of benzene rings is 1. The molecule has 0 unspecified atom stereocenters. The highest BCUT2D eigenvalue weighted by Crippen LogP contribution is 2.37. The van der Waals surface area contributed by atoms with Gasteiger partial charge in [-0.05, 0) is 35.9 Å². The van der Waals surface area contributed by atoms with Gasteiger partial charge in [-0.25, -0.2) is 4.98 Å². The van der Waals surface area contributed by atoms with E-state index in [1.54, 1.807) is 50.9 Å². The zero-order chi connectivity index (χ0) is 19.9. The summed E-state index contributed by atoms with van der Waals surface area (Å²) in [6, 6.07) is 14.8. The number of aromatic nitrogens is 2. The molecule has 0 atom stereocenters. The molecule has 7 heteroatoms. The molecule has 3 rings (SSSR count). The van der Waals surface area contributed by atoms with E-state index in [0.717, 1.165) is 11.1 Å². The van der Waals surface area contributed by atoms with Crippen LogP contribution < -0.4 is 14.2 Å². The average Bonchev–Trinajstić information content (AvgIpc) is 2.77. The van der Waals surface area contributed by atoms with E-state index in [4.69, 9.17) is 19.5 Å². The van der Waals surface area contributed by atoms with Crippen LogP contribution in [0.3, 0.4) is 0 Å². The zero-order valence-corrected chi connectivity index (χ0v) is 15.3. The maximum absolute atomic E-state index is 9.73. The summed E-state index contributed by atoms with van der Waals surface area (Å²) >= 11 is 0. The number of methoxy groups -OCH3 is 2. The second-order valence-corrected chi connectivity index (χ2v) is 5.61. The van der Waals surface area contributed by atoms with Crippen LogP contribution >= 0.6 is 0 Å². The molecule has 28 heavy (non-hydrogen) atoms. The van der Waals surface area contributed by atoms with E-state index in [9.17, 15) is 5.26 Å². The smallest absolute Gasteiger partial charge is 0.233 e. The third-order valence-electron chi connectivity index (χ3n) is 4.02. The fourth-order valence-corrected chi connectivity index (χ4v) is 2.73. The molecule has 0 saturated heterocycles. The maximum atomic E-state index is 9.73. The molecular weight excluding hydrogens is 356 g/mol. The van der Waals surface area contributed by atoms with Crippen LogP contribution in [0.4, 0.5) is 0 Å². The number of ether oxygens (including phenoxy) is 3. The highest BCUT2D eigenvalue weighted by molar-refractivity contribution is 5.79. The van der Waals surface area contributed by atoms with Crippen molar-refractivity contribution < 1.29 is 14.2 Å². The van der Waals surface area contributed by atoms with Gasteiger partial charge in [0.1, 0.15) is 17.7 Å². The summed E-state index contributed by atoms with van der Waals surface area (Å²) in [5.74, 6) is 1.20. The van der Waals surface area contributed by atoms with Gasteiger partial charge < -0.3 is 14.2 Å². The fraction of sp³-hybridized carbons (Fsp3) is 0.143.